The van der Waals surface area contributed by atoms with Crippen LogP contribution in [0.25, 0.3) is 0 Å². The normalized spacial score (nSPS) is 18.5. The van der Waals surface area contributed by atoms with Crippen LogP contribution in [0.2, 0.25) is 0 Å². The smallest absolute Gasteiger partial charge is 0.406 e. The van der Waals surface area contributed by atoms with E-state index in [1.807, 2.05) is 0 Å². The third kappa shape index (κ3) is 5.93. The number of nitrogens with one attached hydrogen (secondary N) is 2. The summed E-state index contributed by atoms with van der Waals surface area (Å²) < 4.78 is 95.4. The number of ether oxygens (including phenoxy) is 1. The van der Waals surface area contributed by atoms with Crippen LogP contribution < -0.4 is 15.8 Å². The molecule has 0 saturated carbocycles. The summed E-state index contributed by atoms with van der Waals surface area (Å²) in [6.07, 6.45) is -8.71. The lowest BCUT2D eigenvalue weighted by atomic mass is 9.79. The average molecular weight is 518 g/mol. The van der Waals surface area contributed by atoms with Gasteiger partial charge in [0.05, 0.1) is 12.0 Å². The average Bonchev–Trinajstić information content (AvgIpc) is 2.74. The third-order valence-electron chi connectivity index (χ3n) is 5.14. The van der Waals surface area contributed by atoms with Crippen molar-refractivity contribution >= 4 is 23.7 Å². The van der Waals surface area contributed by atoms with Crippen LogP contribution in [0, 0.1) is 11.2 Å². The molecule has 4 N–H and O–H groups in total. The van der Waals surface area contributed by atoms with Crippen molar-refractivity contribution in [2.75, 3.05) is 11.9 Å². The minimum atomic E-state index is -5.16. The Hall–Kier alpha value is -4.10. The molecule has 36 heavy (non-hydrogen) atoms. The van der Waals surface area contributed by atoms with Gasteiger partial charge in [-0.05, 0) is 17.7 Å². The highest BCUT2D eigenvalue weighted by molar-refractivity contribution is 6.06. The molecule has 2 amide bonds. The van der Waals surface area contributed by atoms with Crippen LogP contribution in [0.4, 0.5) is 36.4 Å². The molecule has 2 aromatic rings. The summed E-state index contributed by atoms with van der Waals surface area (Å²) >= 11 is 0. The van der Waals surface area contributed by atoms with E-state index in [4.69, 9.17) is 11.1 Å². The zero-order valence-electron chi connectivity index (χ0n) is 18.0. The molecule has 0 radical (unpaired) electrons. The highest BCUT2D eigenvalue weighted by Crippen LogP contribution is 2.39. The maximum Gasteiger partial charge on any atom is 0.573 e. The van der Waals surface area contributed by atoms with Gasteiger partial charge in [-0.15, -0.1) is 13.2 Å². The number of halogens is 7. The number of benzene rings is 2. The van der Waals surface area contributed by atoms with Gasteiger partial charge in [-0.1, -0.05) is 18.2 Å². The Morgan fingerprint density at radius 3 is 2.39 bits per heavy atom. The van der Waals surface area contributed by atoms with Crippen molar-refractivity contribution in [1.29, 1.82) is 5.41 Å². The SMILES string of the molecule is N=C/C(=C\N)[C@@H]1[C@@H](C(=O)Nc2cc(F)cc(OC(F)(F)F)c2)c2ccccc2C(=O)N1CC(F)(F)F. The summed E-state index contributed by atoms with van der Waals surface area (Å²) in [6, 6.07) is 5.31. The number of hydrogen-bond donors (Lipinski definition) is 3. The third-order valence-corrected chi connectivity index (χ3v) is 5.14. The van der Waals surface area contributed by atoms with E-state index in [2.05, 4.69) is 10.1 Å². The number of amides is 2. The molecule has 0 saturated heterocycles. The lowest BCUT2D eigenvalue weighted by Gasteiger charge is -2.42. The van der Waals surface area contributed by atoms with E-state index in [1.165, 1.54) is 24.3 Å². The number of nitrogens with zero attached hydrogens (tertiary/aromatic N) is 1. The van der Waals surface area contributed by atoms with Crippen LogP contribution in [0.15, 0.2) is 54.2 Å². The van der Waals surface area contributed by atoms with E-state index in [-0.39, 0.29) is 16.7 Å². The molecule has 1 aliphatic heterocycles. The summed E-state index contributed by atoms with van der Waals surface area (Å²) in [7, 11) is 0. The van der Waals surface area contributed by atoms with Crippen molar-refractivity contribution in [2.24, 2.45) is 5.73 Å². The van der Waals surface area contributed by atoms with Gasteiger partial charge in [-0.2, -0.15) is 13.2 Å². The number of hydrogen-bond acceptors (Lipinski definition) is 5. The molecule has 3 rings (SSSR count). The molecule has 0 spiro atoms. The molecular weight excluding hydrogens is 501 g/mol. The lowest BCUT2D eigenvalue weighted by Crippen LogP contribution is -2.55. The van der Waals surface area contributed by atoms with E-state index in [0.29, 0.717) is 29.3 Å². The first kappa shape index (κ1) is 26.5. The standard InChI is InChI=1S/C22H17F7N4O3/c23-12-5-13(7-14(6-12)36-22(27,28)29)32-19(34)17-15-3-1-2-4-16(15)20(35)33(10-21(24,25)26)18(17)11(8-30)9-31/h1-9,17-18,30H,10,31H2,(H,32,34)/b11-9+,30-8?/t17-,18+/m0/s1. The van der Waals surface area contributed by atoms with Gasteiger partial charge in [0.1, 0.15) is 18.1 Å². The summed E-state index contributed by atoms with van der Waals surface area (Å²) in [6.45, 7) is -1.79. The van der Waals surface area contributed by atoms with Crippen molar-refractivity contribution in [3.63, 3.8) is 0 Å². The van der Waals surface area contributed by atoms with Crippen LogP contribution in [0.5, 0.6) is 5.75 Å². The van der Waals surface area contributed by atoms with Gasteiger partial charge in [-0.25, -0.2) is 4.39 Å². The molecule has 0 aromatic heterocycles. The number of alkyl halides is 6. The first-order valence-corrected chi connectivity index (χ1v) is 10.00. The molecule has 0 fully saturated rings. The first-order chi connectivity index (χ1) is 16.7. The first-order valence-electron chi connectivity index (χ1n) is 10.00. The number of nitrogens with two attached hydrogens (primary N) is 1. The Morgan fingerprint density at radius 1 is 1.14 bits per heavy atom. The summed E-state index contributed by atoms with van der Waals surface area (Å²) in [5.41, 5.74) is 4.41. The van der Waals surface area contributed by atoms with Crippen molar-refractivity contribution in [3.8, 4) is 5.75 Å². The molecule has 2 atom stereocenters. The van der Waals surface area contributed by atoms with Crippen molar-refractivity contribution in [2.45, 2.75) is 24.5 Å². The minimum Gasteiger partial charge on any atom is -0.406 e. The van der Waals surface area contributed by atoms with E-state index < -0.39 is 60.1 Å². The van der Waals surface area contributed by atoms with E-state index in [0.717, 1.165) is 6.20 Å². The molecule has 0 aliphatic carbocycles. The van der Waals surface area contributed by atoms with Crippen LogP contribution in [-0.4, -0.2) is 48.1 Å². The van der Waals surface area contributed by atoms with Gasteiger partial charge >= 0.3 is 12.5 Å². The molecule has 2 aromatic carbocycles. The summed E-state index contributed by atoms with van der Waals surface area (Å²) in [4.78, 5) is 26.6. The summed E-state index contributed by atoms with van der Waals surface area (Å²) in [5.74, 6) is -5.98. The van der Waals surface area contributed by atoms with Gasteiger partial charge in [-0.3, -0.25) is 9.59 Å². The molecule has 0 bridgehead atoms. The van der Waals surface area contributed by atoms with Crippen molar-refractivity contribution < 1.29 is 45.1 Å². The molecule has 1 aliphatic rings. The number of carbonyl (C=O) groups is 2. The van der Waals surface area contributed by atoms with Gasteiger partial charge in [0.25, 0.3) is 5.91 Å². The Balaban J connectivity index is 2.11. The second-order valence-electron chi connectivity index (χ2n) is 7.58. The fourth-order valence-electron chi connectivity index (χ4n) is 3.89. The maximum atomic E-state index is 13.9. The van der Waals surface area contributed by atoms with Gasteiger partial charge in [0.2, 0.25) is 5.91 Å². The highest BCUT2D eigenvalue weighted by Gasteiger charge is 2.48. The van der Waals surface area contributed by atoms with Crippen LogP contribution in [0.3, 0.4) is 0 Å². The van der Waals surface area contributed by atoms with Crippen LogP contribution in [-0.2, 0) is 4.79 Å². The molecular formula is C22H17F7N4O3. The monoisotopic (exact) mass is 518 g/mol. The molecule has 7 nitrogen and oxygen atoms in total. The van der Waals surface area contributed by atoms with E-state index in [1.54, 1.807) is 0 Å². The Morgan fingerprint density at radius 2 is 1.81 bits per heavy atom. The quantitative estimate of drug-likeness (QED) is 0.391. The molecule has 14 heteroatoms. The second-order valence-corrected chi connectivity index (χ2v) is 7.58. The zero-order chi connectivity index (χ0) is 26.8. The Bertz CT molecular complexity index is 1210. The van der Waals surface area contributed by atoms with Gasteiger partial charge in [0.15, 0.2) is 0 Å². The molecule has 0 unspecified atom stereocenters. The maximum absolute atomic E-state index is 13.9. The molecule has 192 valence electrons. The zero-order valence-corrected chi connectivity index (χ0v) is 18.0. The van der Waals surface area contributed by atoms with Crippen LogP contribution >= 0.6 is 0 Å². The molecule has 1 heterocycles. The Kier molecular flexibility index (Phi) is 7.27. The largest absolute Gasteiger partial charge is 0.573 e. The van der Waals surface area contributed by atoms with Gasteiger partial charge in [0, 0.05) is 41.4 Å². The lowest BCUT2D eigenvalue weighted by molar-refractivity contribution is -0.274. The highest BCUT2D eigenvalue weighted by atomic mass is 19.4. The topological polar surface area (TPSA) is 109 Å². The van der Waals surface area contributed by atoms with E-state index in [9.17, 15) is 40.3 Å². The number of carbonyl (C=O) groups excluding carboxylic acids is 2. The van der Waals surface area contributed by atoms with Crippen molar-refractivity contribution in [1.82, 2.24) is 4.90 Å². The number of fused-ring (bicyclic) bond motifs is 1. The summed E-state index contributed by atoms with van der Waals surface area (Å²) in [5, 5.41) is 9.72. The fourth-order valence-corrected chi connectivity index (χ4v) is 3.89. The van der Waals surface area contributed by atoms with E-state index >= 15 is 0 Å². The van der Waals surface area contributed by atoms with Crippen molar-refractivity contribution in [3.05, 3.63) is 71.2 Å². The number of anilines is 1. The van der Waals surface area contributed by atoms with Gasteiger partial charge < -0.3 is 26.1 Å². The Labute approximate surface area is 198 Å². The van der Waals surface area contributed by atoms with Crippen LogP contribution in [0.1, 0.15) is 21.8 Å². The predicted molar refractivity (Wildman–Crippen MR) is 113 cm³/mol. The number of rotatable bonds is 6. The second kappa shape index (κ2) is 9.87. The minimum absolute atomic E-state index is 0.0206. The predicted octanol–water partition coefficient (Wildman–Crippen LogP) is 4.33. The fraction of sp³-hybridized carbons (Fsp3) is 0.227.